The number of thiophene rings is 1. The molecule has 5 nitrogen and oxygen atoms in total. The summed E-state index contributed by atoms with van der Waals surface area (Å²) in [6.45, 7) is 8.02. The SMILES string of the molecule is CC.Cc1c(-c2ccc(C(=O)N3CCNCC3)s2)noc1C(F)(F)F. The van der Waals surface area contributed by atoms with Crippen LogP contribution in [0.1, 0.15) is 34.8 Å². The Morgan fingerprint density at radius 1 is 1.28 bits per heavy atom. The second-order valence-corrected chi connectivity index (χ2v) is 6.27. The van der Waals surface area contributed by atoms with Gasteiger partial charge in [0.1, 0.15) is 5.69 Å². The fraction of sp³-hybridized carbons (Fsp3) is 0.500. The van der Waals surface area contributed by atoms with Crippen LogP contribution >= 0.6 is 11.3 Å². The molecule has 1 aliphatic heterocycles. The van der Waals surface area contributed by atoms with Gasteiger partial charge in [-0.2, -0.15) is 13.2 Å². The van der Waals surface area contributed by atoms with Gasteiger partial charge in [0.25, 0.3) is 5.91 Å². The molecule has 1 amide bonds. The Balaban J connectivity index is 0.00000109. The van der Waals surface area contributed by atoms with Gasteiger partial charge in [0, 0.05) is 31.7 Å². The third-order valence-electron chi connectivity index (χ3n) is 3.64. The number of nitrogens with one attached hydrogen (secondary N) is 1. The van der Waals surface area contributed by atoms with Crippen molar-refractivity contribution in [3.8, 4) is 10.6 Å². The van der Waals surface area contributed by atoms with E-state index in [1.54, 1.807) is 17.0 Å². The van der Waals surface area contributed by atoms with Crippen molar-refractivity contribution in [2.45, 2.75) is 26.9 Å². The van der Waals surface area contributed by atoms with Gasteiger partial charge in [-0.05, 0) is 19.1 Å². The number of piperazine rings is 1. The van der Waals surface area contributed by atoms with E-state index in [1.807, 2.05) is 13.8 Å². The Bertz CT molecular complexity index is 719. The summed E-state index contributed by atoms with van der Waals surface area (Å²) >= 11 is 1.12. The van der Waals surface area contributed by atoms with Crippen molar-refractivity contribution in [2.75, 3.05) is 26.2 Å². The van der Waals surface area contributed by atoms with E-state index in [4.69, 9.17) is 0 Å². The highest BCUT2D eigenvalue weighted by atomic mass is 32.1. The van der Waals surface area contributed by atoms with Crippen LogP contribution in [-0.2, 0) is 6.18 Å². The van der Waals surface area contributed by atoms with Gasteiger partial charge in [0.05, 0.1) is 9.75 Å². The first-order chi connectivity index (χ1) is 11.9. The molecule has 1 fully saturated rings. The minimum Gasteiger partial charge on any atom is -0.351 e. The van der Waals surface area contributed by atoms with Crippen molar-refractivity contribution in [1.29, 1.82) is 0 Å². The average Bonchev–Trinajstić information content (AvgIpc) is 3.23. The molecule has 25 heavy (non-hydrogen) atoms. The Labute approximate surface area is 147 Å². The van der Waals surface area contributed by atoms with E-state index in [-0.39, 0.29) is 17.2 Å². The summed E-state index contributed by atoms with van der Waals surface area (Å²) in [4.78, 5) is 15.1. The molecule has 0 atom stereocenters. The van der Waals surface area contributed by atoms with Crippen molar-refractivity contribution >= 4 is 17.2 Å². The maximum atomic E-state index is 12.8. The summed E-state index contributed by atoms with van der Waals surface area (Å²) in [5.74, 6) is -1.21. The molecule has 0 spiro atoms. The van der Waals surface area contributed by atoms with E-state index in [9.17, 15) is 18.0 Å². The molecule has 0 aromatic carbocycles. The van der Waals surface area contributed by atoms with Gasteiger partial charge in [-0.25, -0.2) is 0 Å². The third-order valence-corrected chi connectivity index (χ3v) is 4.72. The minimum atomic E-state index is -4.58. The quantitative estimate of drug-likeness (QED) is 0.867. The van der Waals surface area contributed by atoms with E-state index in [2.05, 4.69) is 15.0 Å². The predicted octanol–water partition coefficient (Wildman–Crippen LogP) is 3.80. The highest BCUT2D eigenvalue weighted by Crippen LogP contribution is 2.38. The largest absolute Gasteiger partial charge is 0.452 e. The molecule has 0 saturated carbocycles. The van der Waals surface area contributed by atoms with E-state index in [1.165, 1.54) is 6.92 Å². The number of hydrogen-bond acceptors (Lipinski definition) is 5. The van der Waals surface area contributed by atoms with E-state index >= 15 is 0 Å². The van der Waals surface area contributed by atoms with Crippen molar-refractivity contribution in [1.82, 2.24) is 15.4 Å². The van der Waals surface area contributed by atoms with Crippen molar-refractivity contribution in [3.05, 3.63) is 28.3 Å². The molecule has 1 N–H and O–H groups in total. The van der Waals surface area contributed by atoms with Gasteiger partial charge in [0.15, 0.2) is 0 Å². The van der Waals surface area contributed by atoms with E-state index in [0.717, 1.165) is 24.4 Å². The van der Waals surface area contributed by atoms with Crippen LogP contribution in [0, 0.1) is 6.92 Å². The lowest BCUT2D eigenvalue weighted by molar-refractivity contribution is -0.156. The molecule has 3 rings (SSSR count). The Morgan fingerprint density at radius 3 is 2.48 bits per heavy atom. The monoisotopic (exact) mass is 375 g/mol. The van der Waals surface area contributed by atoms with Gasteiger partial charge in [-0.1, -0.05) is 19.0 Å². The summed E-state index contributed by atoms with van der Waals surface area (Å²) in [7, 11) is 0. The Kier molecular flexibility index (Phi) is 6.23. The molecule has 9 heteroatoms. The maximum absolute atomic E-state index is 12.8. The van der Waals surface area contributed by atoms with Gasteiger partial charge in [0.2, 0.25) is 5.76 Å². The molecule has 0 aliphatic carbocycles. The smallest absolute Gasteiger partial charge is 0.351 e. The maximum Gasteiger partial charge on any atom is 0.452 e. The van der Waals surface area contributed by atoms with Crippen LogP contribution < -0.4 is 5.32 Å². The van der Waals surface area contributed by atoms with Gasteiger partial charge in [-0.3, -0.25) is 4.79 Å². The molecule has 0 unspecified atom stereocenters. The second-order valence-electron chi connectivity index (χ2n) is 5.19. The Hall–Kier alpha value is -1.87. The van der Waals surface area contributed by atoms with Crippen LogP contribution in [-0.4, -0.2) is 42.1 Å². The van der Waals surface area contributed by atoms with Gasteiger partial charge in [-0.15, -0.1) is 11.3 Å². The highest BCUT2D eigenvalue weighted by molar-refractivity contribution is 7.17. The normalized spacial score (nSPS) is 14.9. The predicted molar refractivity (Wildman–Crippen MR) is 89.7 cm³/mol. The third kappa shape index (κ3) is 4.21. The van der Waals surface area contributed by atoms with Crippen LogP contribution in [0.4, 0.5) is 13.2 Å². The van der Waals surface area contributed by atoms with Crippen molar-refractivity contribution < 1.29 is 22.5 Å². The molecule has 2 aromatic heterocycles. The fourth-order valence-corrected chi connectivity index (χ4v) is 3.45. The van der Waals surface area contributed by atoms with Crippen molar-refractivity contribution in [2.24, 2.45) is 0 Å². The number of halogens is 3. The highest BCUT2D eigenvalue weighted by Gasteiger charge is 2.39. The number of carbonyl (C=O) groups is 1. The van der Waals surface area contributed by atoms with Crippen molar-refractivity contribution in [3.63, 3.8) is 0 Å². The first-order valence-corrected chi connectivity index (χ1v) is 8.83. The summed E-state index contributed by atoms with van der Waals surface area (Å²) in [6.07, 6.45) is -4.58. The number of hydrogen-bond donors (Lipinski definition) is 1. The molecule has 2 aromatic rings. The van der Waals surface area contributed by atoms with E-state index < -0.39 is 11.9 Å². The summed E-state index contributed by atoms with van der Waals surface area (Å²) in [6, 6.07) is 3.22. The van der Waals surface area contributed by atoms with Crippen LogP contribution in [0.3, 0.4) is 0 Å². The molecule has 138 valence electrons. The second kappa shape index (κ2) is 8.01. The van der Waals surface area contributed by atoms with Gasteiger partial charge < -0.3 is 14.7 Å². The number of aromatic nitrogens is 1. The molecular weight excluding hydrogens is 355 g/mol. The minimum absolute atomic E-state index is 0.0690. The average molecular weight is 375 g/mol. The standard InChI is InChI=1S/C14H14F3N3O2S.C2H6/c1-8-11(19-22-12(8)14(15,16)17)9-2-3-10(23-9)13(21)20-6-4-18-5-7-20;1-2/h2-3,18H,4-7H2,1H3;1-2H3. The molecule has 0 bridgehead atoms. The number of nitrogens with zero attached hydrogens (tertiary/aromatic N) is 2. The zero-order valence-electron chi connectivity index (χ0n) is 14.2. The number of carbonyl (C=O) groups excluding carboxylic acids is 1. The lowest BCUT2D eigenvalue weighted by Gasteiger charge is -2.26. The van der Waals surface area contributed by atoms with Gasteiger partial charge >= 0.3 is 6.18 Å². The van der Waals surface area contributed by atoms with E-state index in [0.29, 0.717) is 22.8 Å². The van der Waals surface area contributed by atoms with Crippen LogP contribution in [0.15, 0.2) is 16.7 Å². The number of rotatable bonds is 2. The number of amides is 1. The molecular formula is C16H20F3N3O2S. The summed E-state index contributed by atoms with van der Waals surface area (Å²) < 4.78 is 42.7. The summed E-state index contributed by atoms with van der Waals surface area (Å²) in [5.41, 5.74) is 0.0576. The zero-order valence-corrected chi connectivity index (χ0v) is 15.1. The topological polar surface area (TPSA) is 58.4 Å². The molecule has 0 radical (unpaired) electrons. The molecule has 3 heterocycles. The lowest BCUT2D eigenvalue weighted by Crippen LogP contribution is -2.46. The zero-order chi connectivity index (χ0) is 18.6. The first-order valence-electron chi connectivity index (χ1n) is 8.01. The van der Waals surface area contributed by atoms with Crippen LogP contribution in [0.2, 0.25) is 0 Å². The first kappa shape index (κ1) is 19.5. The Morgan fingerprint density at radius 2 is 1.92 bits per heavy atom. The number of alkyl halides is 3. The fourth-order valence-electron chi connectivity index (χ4n) is 2.43. The van der Waals surface area contributed by atoms with Crippen LogP contribution in [0.5, 0.6) is 0 Å². The lowest BCUT2D eigenvalue weighted by atomic mass is 10.2. The molecule has 1 saturated heterocycles. The summed E-state index contributed by atoms with van der Waals surface area (Å²) in [5, 5.41) is 6.68. The van der Waals surface area contributed by atoms with Crippen LogP contribution in [0.25, 0.3) is 10.6 Å². The molecule has 1 aliphatic rings.